The van der Waals surface area contributed by atoms with E-state index in [4.69, 9.17) is 21.1 Å². The van der Waals surface area contributed by atoms with E-state index in [0.29, 0.717) is 22.4 Å². The molecule has 1 atom stereocenters. The summed E-state index contributed by atoms with van der Waals surface area (Å²) in [5.74, 6) is 1.75. The van der Waals surface area contributed by atoms with Gasteiger partial charge in [0.2, 0.25) is 0 Å². The first-order chi connectivity index (χ1) is 7.62. The number of allylic oxidation sites excluding steroid dienone is 1. The quantitative estimate of drug-likeness (QED) is 0.731. The van der Waals surface area contributed by atoms with Crippen LogP contribution in [0.25, 0.3) is 0 Å². The summed E-state index contributed by atoms with van der Waals surface area (Å²) in [5.41, 5.74) is 1.05. The lowest BCUT2D eigenvalue weighted by Crippen LogP contribution is -1.99. The first kappa shape index (κ1) is 12.9. The number of rotatable bonds is 5. The first-order valence-electron chi connectivity index (χ1n) is 5.15. The van der Waals surface area contributed by atoms with E-state index < -0.39 is 0 Å². The van der Waals surface area contributed by atoms with Gasteiger partial charge in [-0.15, -0.1) is 6.58 Å². The summed E-state index contributed by atoms with van der Waals surface area (Å²) in [7, 11) is 3.21. The van der Waals surface area contributed by atoms with Crippen LogP contribution in [0.3, 0.4) is 0 Å². The molecule has 0 aliphatic heterocycles. The van der Waals surface area contributed by atoms with Crippen molar-refractivity contribution in [3.05, 3.63) is 35.4 Å². The molecule has 0 heterocycles. The zero-order valence-corrected chi connectivity index (χ0v) is 10.7. The summed E-state index contributed by atoms with van der Waals surface area (Å²) >= 11 is 6.17. The highest BCUT2D eigenvalue weighted by atomic mass is 35.5. The Hall–Kier alpha value is -1.15. The maximum Gasteiger partial charge on any atom is 0.162 e. The molecule has 0 aliphatic rings. The number of halogens is 1. The summed E-state index contributed by atoms with van der Waals surface area (Å²) in [6, 6.07) is 3.70. The molecule has 0 saturated carbocycles. The first-order valence-corrected chi connectivity index (χ1v) is 5.53. The van der Waals surface area contributed by atoms with E-state index in [0.717, 1.165) is 12.0 Å². The van der Waals surface area contributed by atoms with Gasteiger partial charge < -0.3 is 9.47 Å². The zero-order chi connectivity index (χ0) is 12.1. The van der Waals surface area contributed by atoms with Crippen molar-refractivity contribution < 1.29 is 9.47 Å². The minimum absolute atomic E-state index is 0.385. The number of methoxy groups -OCH3 is 2. The fourth-order valence-electron chi connectivity index (χ4n) is 1.48. The molecule has 0 aromatic heterocycles. The van der Waals surface area contributed by atoms with Gasteiger partial charge in [0.25, 0.3) is 0 Å². The Bertz CT molecular complexity index is 374. The molecule has 0 saturated heterocycles. The number of benzene rings is 1. The topological polar surface area (TPSA) is 18.5 Å². The van der Waals surface area contributed by atoms with Crippen LogP contribution in [0.15, 0.2) is 24.8 Å². The lowest BCUT2D eigenvalue weighted by atomic mass is 10.0. The predicted octanol–water partition coefficient (Wildman–Crippen LogP) is 3.72. The Morgan fingerprint density at radius 1 is 1.31 bits per heavy atom. The number of hydrogen-bond donors (Lipinski definition) is 0. The average Bonchev–Trinajstić information content (AvgIpc) is 2.30. The second kappa shape index (κ2) is 5.80. The Kier molecular flexibility index (Phi) is 4.69. The SMILES string of the molecule is C=CC(C)Cc1cc(OC)c(OC)cc1Cl. The maximum absolute atomic E-state index is 6.17. The van der Waals surface area contributed by atoms with E-state index in [1.165, 1.54) is 0 Å². The molecule has 0 radical (unpaired) electrons. The van der Waals surface area contributed by atoms with Crippen molar-refractivity contribution in [2.75, 3.05) is 14.2 Å². The molecule has 1 aromatic rings. The van der Waals surface area contributed by atoms with Crippen molar-refractivity contribution in [2.24, 2.45) is 5.92 Å². The van der Waals surface area contributed by atoms with Crippen molar-refractivity contribution >= 4 is 11.6 Å². The minimum atomic E-state index is 0.385. The van der Waals surface area contributed by atoms with Gasteiger partial charge >= 0.3 is 0 Å². The molecule has 16 heavy (non-hydrogen) atoms. The van der Waals surface area contributed by atoms with E-state index in [9.17, 15) is 0 Å². The smallest absolute Gasteiger partial charge is 0.162 e. The van der Waals surface area contributed by atoms with Crippen LogP contribution in [0.1, 0.15) is 12.5 Å². The highest BCUT2D eigenvalue weighted by Crippen LogP contribution is 2.34. The van der Waals surface area contributed by atoms with E-state index >= 15 is 0 Å². The molecule has 3 heteroatoms. The maximum atomic E-state index is 6.17. The molecule has 88 valence electrons. The molecule has 1 unspecified atom stereocenters. The molecular formula is C13H17ClO2. The minimum Gasteiger partial charge on any atom is -0.493 e. The van der Waals surface area contributed by atoms with Gasteiger partial charge in [-0.2, -0.15) is 0 Å². The van der Waals surface area contributed by atoms with Crippen molar-refractivity contribution in [3.63, 3.8) is 0 Å². The second-order valence-electron chi connectivity index (χ2n) is 3.72. The van der Waals surface area contributed by atoms with Gasteiger partial charge in [0.15, 0.2) is 11.5 Å². The standard InChI is InChI=1S/C13H17ClO2/c1-5-9(2)6-10-7-12(15-3)13(16-4)8-11(10)14/h5,7-9H,1,6H2,2-4H3. The molecule has 1 rings (SSSR count). The fourth-order valence-corrected chi connectivity index (χ4v) is 1.71. The Morgan fingerprint density at radius 2 is 1.88 bits per heavy atom. The van der Waals surface area contributed by atoms with Crippen molar-refractivity contribution in [2.45, 2.75) is 13.3 Å². The highest BCUT2D eigenvalue weighted by molar-refractivity contribution is 6.31. The second-order valence-corrected chi connectivity index (χ2v) is 4.12. The third-order valence-electron chi connectivity index (χ3n) is 2.50. The monoisotopic (exact) mass is 240 g/mol. The third-order valence-corrected chi connectivity index (χ3v) is 2.85. The van der Waals surface area contributed by atoms with Crippen molar-refractivity contribution in [1.29, 1.82) is 0 Å². The van der Waals surface area contributed by atoms with Gasteiger partial charge in [-0.1, -0.05) is 24.6 Å². The molecular weight excluding hydrogens is 224 g/mol. The van der Waals surface area contributed by atoms with E-state index in [2.05, 4.69) is 13.5 Å². The lowest BCUT2D eigenvalue weighted by molar-refractivity contribution is 0.354. The van der Waals surface area contributed by atoms with Crippen LogP contribution < -0.4 is 9.47 Å². The number of hydrogen-bond acceptors (Lipinski definition) is 2. The van der Waals surface area contributed by atoms with Crippen LogP contribution in [0, 0.1) is 5.92 Å². The lowest BCUT2D eigenvalue weighted by Gasteiger charge is -2.13. The van der Waals surface area contributed by atoms with Crippen molar-refractivity contribution in [1.82, 2.24) is 0 Å². The van der Waals surface area contributed by atoms with Crippen LogP contribution in [0.2, 0.25) is 5.02 Å². The van der Waals surface area contributed by atoms with Gasteiger partial charge in [0, 0.05) is 11.1 Å². The Balaban J connectivity index is 3.05. The summed E-state index contributed by atoms with van der Waals surface area (Å²) in [6.45, 7) is 5.86. The number of ether oxygens (including phenoxy) is 2. The van der Waals surface area contributed by atoms with Gasteiger partial charge in [0.1, 0.15) is 0 Å². The molecule has 0 spiro atoms. The molecule has 0 bridgehead atoms. The summed E-state index contributed by atoms with van der Waals surface area (Å²) in [4.78, 5) is 0. The molecule has 1 aromatic carbocycles. The highest BCUT2D eigenvalue weighted by Gasteiger charge is 2.11. The third kappa shape index (κ3) is 2.92. The van der Waals surface area contributed by atoms with Crippen LogP contribution in [-0.4, -0.2) is 14.2 Å². The molecule has 2 nitrogen and oxygen atoms in total. The van der Waals surface area contributed by atoms with Crippen LogP contribution >= 0.6 is 11.6 Å². The molecule has 0 N–H and O–H groups in total. The van der Waals surface area contributed by atoms with Gasteiger partial charge in [-0.3, -0.25) is 0 Å². The van der Waals surface area contributed by atoms with E-state index in [1.54, 1.807) is 20.3 Å². The van der Waals surface area contributed by atoms with Crippen LogP contribution in [-0.2, 0) is 6.42 Å². The van der Waals surface area contributed by atoms with Crippen LogP contribution in [0.4, 0.5) is 0 Å². The van der Waals surface area contributed by atoms with E-state index in [-0.39, 0.29) is 0 Å². The molecule has 0 fully saturated rings. The molecule has 0 amide bonds. The van der Waals surface area contributed by atoms with Crippen molar-refractivity contribution in [3.8, 4) is 11.5 Å². The summed E-state index contributed by atoms with van der Waals surface area (Å²) in [5, 5.41) is 0.700. The largest absolute Gasteiger partial charge is 0.493 e. The fraction of sp³-hybridized carbons (Fsp3) is 0.385. The molecule has 0 aliphatic carbocycles. The zero-order valence-electron chi connectivity index (χ0n) is 9.92. The normalized spacial score (nSPS) is 12.0. The summed E-state index contributed by atoms with van der Waals surface area (Å²) in [6.07, 6.45) is 2.76. The Morgan fingerprint density at radius 3 is 2.38 bits per heavy atom. The predicted molar refractivity (Wildman–Crippen MR) is 67.6 cm³/mol. The Labute approximate surface area is 102 Å². The van der Waals surface area contributed by atoms with Crippen LogP contribution in [0.5, 0.6) is 11.5 Å². The average molecular weight is 241 g/mol. The van der Waals surface area contributed by atoms with Gasteiger partial charge in [0.05, 0.1) is 14.2 Å². The van der Waals surface area contributed by atoms with E-state index in [1.807, 2.05) is 12.1 Å². The van der Waals surface area contributed by atoms with Gasteiger partial charge in [-0.05, 0) is 24.0 Å². The van der Waals surface area contributed by atoms with Gasteiger partial charge in [-0.25, -0.2) is 0 Å². The summed E-state index contributed by atoms with van der Waals surface area (Å²) < 4.78 is 10.4.